The van der Waals surface area contributed by atoms with Gasteiger partial charge in [0.25, 0.3) is 0 Å². The fourth-order valence-electron chi connectivity index (χ4n) is 1.43. The molecular formula is C13H18BrNO. The van der Waals surface area contributed by atoms with Crippen molar-refractivity contribution >= 4 is 15.9 Å². The van der Waals surface area contributed by atoms with Crippen molar-refractivity contribution in [3.8, 4) is 5.75 Å². The highest BCUT2D eigenvalue weighted by atomic mass is 79.9. The van der Waals surface area contributed by atoms with Crippen LogP contribution in [0, 0.1) is 6.92 Å². The van der Waals surface area contributed by atoms with E-state index in [4.69, 9.17) is 4.74 Å². The molecule has 3 heteroatoms. The Labute approximate surface area is 106 Å². The average molecular weight is 284 g/mol. The summed E-state index contributed by atoms with van der Waals surface area (Å²) in [5.74, 6) is 0.910. The van der Waals surface area contributed by atoms with Gasteiger partial charge in [0.05, 0.1) is 0 Å². The number of benzene rings is 1. The van der Waals surface area contributed by atoms with Gasteiger partial charge in [0, 0.05) is 10.5 Å². The zero-order valence-electron chi connectivity index (χ0n) is 10.0. The second kappa shape index (κ2) is 6.06. The lowest BCUT2D eigenvalue weighted by atomic mass is 10.1. The van der Waals surface area contributed by atoms with Crippen molar-refractivity contribution in [2.75, 3.05) is 13.7 Å². The molecule has 2 nitrogen and oxygen atoms in total. The average Bonchev–Trinajstić information content (AvgIpc) is 2.26. The summed E-state index contributed by atoms with van der Waals surface area (Å²) in [4.78, 5) is 0. The molecule has 1 aromatic carbocycles. The molecule has 16 heavy (non-hydrogen) atoms. The molecule has 1 N–H and O–H groups in total. The molecule has 0 aromatic heterocycles. The second-order valence-corrected chi connectivity index (χ2v) is 4.96. The molecule has 0 saturated carbocycles. The van der Waals surface area contributed by atoms with Crippen LogP contribution in [0.25, 0.3) is 0 Å². The summed E-state index contributed by atoms with van der Waals surface area (Å²) in [6.07, 6.45) is 0. The number of rotatable bonds is 5. The van der Waals surface area contributed by atoms with Gasteiger partial charge in [-0.2, -0.15) is 0 Å². The molecule has 0 fully saturated rings. The minimum absolute atomic E-state index is 0.360. The Morgan fingerprint density at radius 1 is 1.56 bits per heavy atom. The highest BCUT2D eigenvalue weighted by molar-refractivity contribution is 9.11. The maximum absolute atomic E-state index is 5.60. The summed E-state index contributed by atoms with van der Waals surface area (Å²) in [5, 5.41) is 3.22. The Morgan fingerprint density at radius 3 is 2.75 bits per heavy atom. The number of nitrogens with one attached hydrogen (secondary N) is 1. The van der Waals surface area contributed by atoms with E-state index in [9.17, 15) is 0 Å². The van der Waals surface area contributed by atoms with Gasteiger partial charge in [0.1, 0.15) is 12.4 Å². The molecule has 0 aliphatic heterocycles. The van der Waals surface area contributed by atoms with Crippen molar-refractivity contribution in [3.05, 3.63) is 40.4 Å². The Hall–Kier alpha value is -0.800. The van der Waals surface area contributed by atoms with E-state index in [1.807, 2.05) is 13.1 Å². The van der Waals surface area contributed by atoms with Crippen LogP contribution in [0.15, 0.2) is 29.3 Å². The smallest absolute Gasteiger partial charge is 0.122 e. The zero-order chi connectivity index (χ0) is 12.1. The lowest BCUT2D eigenvalue weighted by molar-refractivity contribution is 0.358. The highest BCUT2D eigenvalue weighted by Crippen LogP contribution is 2.23. The normalized spacial score (nSPS) is 12.2. The van der Waals surface area contributed by atoms with Crippen LogP contribution < -0.4 is 10.1 Å². The molecule has 0 heterocycles. The van der Waals surface area contributed by atoms with Gasteiger partial charge in [0.15, 0.2) is 0 Å². The number of ether oxygens (including phenoxy) is 1. The lowest BCUT2D eigenvalue weighted by Crippen LogP contribution is -2.12. The summed E-state index contributed by atoms with van der Waals surface area (Å²) >= 11 is 3.28. The quantitative estimate of drug-likeness (QED) is 0.892. The molecule has 0 spiro atoms. The molecule has 1 atom stereocenters. The highest BCUT2D eigenvalue weighted by Gasteiger charge is 2.05. The van der Waals surface area contributed by atoms with Crippen molar-refractivity contribution in [1.82, 2.24) is 5.32 Å². The molecule has 1 unspecified atom stereocenters. The topological polar surface area (TPSA) is 21.3 Å². The molecule has 0 amide bonds. The number of halogens is 1. The van der Waals surface area contributed by atoms with Crippen LogP contribution in [-0.4, -0.2) is 13.7 Å². The standard InChI is InChI=1S/C13H18BrNO/c1-9-7-12(11(3)15-4)5-6-13(9)16-8-10(2)14/h5-7,11,15H,2,8H2,1,3-4H3. The van der Waals surface area contributed by atoms with E-state index in [2.05, 4.69) is 53.8 Å². The first kappa shape index (κ1) is 13.3. The first-order valence-corrected chi connectivity index (χ1v) is 6.07. The minimum Gasteiger partial charge on any atom is -0.488 e. The van der Waals surface area contributed by atoms with Gasteiger partial charge in [-0.3, -0.25) is 0 Å². The van der Waals surface area contributed by atoms with Crippen molar-refractivity contribution in [2.45, 2.75) is 19.9 Å². The van der Waals surface area contributed by atoms with Crippen LogP contribution in [0.4, 0.5) is 0 Å². The molecular weight excluding hydrogens is 266 g/mol. The third-order valence-corrected chi connectivity index (χ3v) is 2.75. The minimum atomic E-state index is 0.360. The van der Waals surface area contributed by atoms with E-state index in [1.54, 1.807) is 0 Å². The first-order valence-electron chi connectivity index (χ1n) is 5.28. The summed E-state index contributed by atoms with van der Waals surface area (Å²) < 4.78 is 6.45. The molecule has 0 aliphatic rings. The Morgan fingerprint density at radius 2 is 2.25 bits per heavy atom. The van der Waals surface area contributed by atoms with E-state index in [1.165, 1.54) is 5.56 Å². The van der Waals surface area contributed by atoms with Gasteiger partial charge in [-0.15, -0.1) is 0 Å². The fraction of sp³-hybridized carbons (Fsp3) is 0.385. The molecule has 0 aliphatic carbocycles. The largest absolute Gasteiger partial charge is 0.488 e. The van der Waals surface area contributed by atoms with Crippen molar-refractivity contribution in [3.63, 3.8) is 0 Å². The van der Waals surface area contributed by atoms with Gasteiger partial charge >= 0.3 is 0 Å². The lowest BCUT2D eigenvalue weighted by Gasteiger charge is -2.14. The summed E-state index contributed by atoms with van der Waals surface area (Å²) in [7, 11) is 1.96. The van der Waals surface area contributed by atoms with Crippen molar-refractivity contribution in [2.24, 2.45) is 0 Å². The molecule has 0 saturated heterocycles. The van der Waals surface area contributed by atoms with E-state index >= 15 is 0 Å². The Kier molecular flexibility index (Phi) is 5.03. The summed E-state index contributed by atoms with van der Waals surface area (Å²) in [6.45, 7) is 8.43. The van der Waals surface area contributed by atoms with Gasteiger partial charge < -0.3 is 10.1 Å². The molecule has 0 radical (unpaired) electrons. The number of hydrogen-bond donors (Lipinski definition) is 1. The maximum atomic E-state index is 5.60. The predicted molar refractivity (Wildman–Crippen MR) is 72.2 cm³/mol. The Bertz CT molecular complexity index is 376. The fourth-order valence-corrected chi connectivity index (χ4v) is 1.54. The van der Waals surface area contributed by atoms with Crippen LogP contribution in [0.2, 0.25) is 0 Å². The molecule has 1 aromatic rings. The van der Waals surface area contributed by atoms with E-state index in [0.29, 0.717) is 12.6 Å². The third-order valence-electron chi connectivity index (χ3n) is 2.52. The summed E-state index contributed by atoms with van der Waals surface area (Å²) in [6, 6.07) is 6.60. The predicted octanol–water partition coefficient (Wildman–Crippen LogP) is 3.56. The SMILES string of the molecule is C=C(Br)COc1ccc(C(C)NC)cc1C. The molecule has 1 rings (SSSR count). The maximum Gasteiger partial charge on any atom is 0.122 e. The van der Waals surface area contributed by atoms with E-state index in [-0.39, 0.29) is 0 Å². The van der Waals surface area contributed by atoms with Crippen LogP contribution in [0.3, 0.4) is 0 Å². The van der Waals surface area contributed by atoms with Crippen molar-refractivity contribution < 1.29 is 4.74 Å². The number of hydrogen-bond acceptors (Lipinski definition) is 2. The van der Waals surface area contributed by atoms with E-state index in [0.717, 1.165) is 15.8 Å². The third kappa shape index (κ3) is 3.65. The summed E-state index contributed by atoms with van der Waals surface area (Å²) in [5.41, 5.74) is 2.42. The Balaban J connectivity index is 2.79. The van der Waals surface area contributed by atoms with Gasteiger partial charge in [-0.05, 0) is 38.1 Å². The van der Waals surface area contributed by atoms with E-state index < -0.39 is 0 Å². The zero-order valence-corrected chi connectivity index (χ0v) is 11.6. The van der Waals surface area contributed by atoms with Crippen LogP contribution in [0.5, 0.6) is 5.75 Å². The van der Waals surface area contributed by atoms with Gasteiger partial charge in [-0.1, -0.05) is 34.6 Å². The molecule has 88 valence electrons. The molecule has 0 bridgehead atoms. The monoisotopic (exact) mass is 283 g/mol. The van der Waals surface area contributed by atoms with Crippen LogP contribution >= 0.6 is 15.9 Å². The van der Waals surface area contributed by atoms with Gasteiger partial charge in [-0.25, -0.2) is 0 Å². The van der Waals surface area contributed by atoms with Gasteiger partial charge in [0.2, 0.25) is 0 Å². The second-order valence-electron chi connectivity index (χ2n) is 3.84. The number of aryl methyl sites for hydroxylation is 1. The van der Waals surface area contributed by atoms with Crippen LogP contribution in [-0.2, 0) is 0 Å². The van der Waals surface area contributed by atoms with Crippen molar-refractivity contribution in [1.29, 1.82) is 0 Å². The van der Waals surface area contributed by atoms with Crippen LogP contribution in [0.1, 0.15) is 24.1 Å². The first-order chi connectivity index (χ1) is 7.54.